The molecule has 1 aromatic rings. The zero-order chi connectivity index (χ0) is 12.0. The van der Waals surface area contributed by atoms with E-state index in [0.29, 0.717) is 12.5 Å². The molecule has 0 fully saturated rings. The molecule has 0 spiro atoms. The van der Waals surface area contributed by atoms with Gasteiger partial charge in [0, 0.05) is 6.54 Å². The first-order valence-electron chi connectivity index (χ1n) is 4.96. The molecule has 5 heteroatoms. The first-order chi connectivity index (χ1) is 7.56. The molecule has 1 heterocycles. The predicted molar refractivity (Wildman–Crippen MR) is 68.6 cm³/mol. The van der Waals surface area contributed by atoms with Gasteiger partial charge in [-0.25, -0.2) is 0 Å². The molecule has 0 aliphatic carbocycles. The van der Waals surface area contributed by atoms with Crippen molar-refractivity contribution in [2.75, 3.05) is 13.1 Å². The highest BCUT2D eigenvalue weighted by atomic mass is 32.1. The van der Waals surface area contributed by atoms with Crippen molar-refractivity contribution in [2.45, 2.75) is 12.5 Å². The standard InChI is InChI=1S/C11H17N3OS/c1-3-5-13-10(12)14-8-11(2,15)9-4-6-16-7-9/h3-4,6-7,15H,1,5,8H2,2H3,(H3,12,13,14). The van der Waals surface area contributed by atoms with Crippen LogP contribution in [0.15, 0.2) is 34.5 Å². The van der Waals surface area contributed by atoms with Crippen LogP contribution in [0.4, 0.5) is 0 Å². The Kier molecular flexibility index (Phi) is 4.52. The monoisotopic (exact) mass is 239 g/mol. The average Bonchev–Trinajstić information content (AvgIpc) is 2.77. The summed E-state index contributed by atoms with van der Waals surface area (Å²) in [7, 11) is 0. The normalized spacial score (nSPS) is 15.5. The van der Waals surface area contributed by atoms with Gasteiger partial charge in [0.05, 0.1) is 6.54 Å². The van der Waals surface area contributed by atoms with Crippen molar-refractivity contribution in [3.63, 3.8) is 0 Å². The van der Waals surface area contributed by atoms with E-state index >= 15 is 0 Å². The summed E-state index contributed by atoms with van der Waals surface area (Å²) in [5, 5.41) is 16.8. The summed E-state index contributed by atoms with van der Waals surface area (Å²) < 4.78 is 0. The molecule has 0 aliphatic heterocycles. The van der Waals surface area contributed by atoms with Crippen LogP contribution in [0.3, 0.4) is 0 Å². The SMILES string of the molecule is C=CCNC(N)=NCC(C)(O)c1ccsc1. The van der Waals surface area contributed by atoms with Crippen molar-refractivity contribution in [2.24, 2.45) is 10.7 Å². The Labute approximate surface area is 99.5 Å². The lowest BCUT2D eigenvalue weighted by atomic mass is 10.00. The highest BCUT2D eigenvalue weighted by molar-refractivity contribution is 7.08. The Morgan fingerprint density at radius 1 is 1.81 bits per heavy atom. The molecule has 0 saturated heterocycles. The molecule has 4 N–H and O–H groups in total. The number of aliphatic hydroxyl groups is 1. The molecule has 0 aliphatic rings. The zero-order valence-electron chi connectivity index (χ0n) is 9.31. The van der Waals surface area contributed by atoms with Gasteiger partial charge in [-0.05, 0) is 29.3 Å². The van der Waals surface area contributed by atoms with Gasteiger partial charge in [0.2, 0.25) is 0 Å². The number of nitrogens with one attached hydrogen (secondary N) is 1. The average molecular weight is 239 g/mol. The van der Waals surface area contributed by atoms with Crippen LogP contribution in [0.1, 0.15) is 12.5 Å². The van der Waals surface area contributed by atoms with Crippen molar-refractivity contribution in [3.05, 3.63) is 35.0 Å². The highest BCUT2D eigenvalue weighted by Crippen LogP contribution is 2.22. The van der Waals surface area contributed by atoms with Crippen LogP contribution in [0.5, 0.6) is 0 Å². The van der Waals surface area contributed by atoms with Crippen LogP contribution in [0, 0.1) is 0 Å². The van der Waals surface area contributed by atoms with Crippen molar-refractivity contribution in [3.8, 4) is 0 Å². The van der Waals surface area contributed by atoms with Crippen molar-refractivity contribution in [1.82, 2.24) is 5.32 Å². The van der Waals surface area contributed by atoms with Crippen LogP contribution >= 0.6 is 11.3 Å². The molecule has 1 rings (SSSR count). The topological polar surface area (TPSA) is 70.6 Å². The second-order valence-corrected chi connectivity index (χ2v) is 4.44. The highest BCUT2D eigenvalue weighted by Gasteiger charge is 2.22. The molecule has 0 aromatic carbocycles. The van der Waals surface area contributed by atoms with Gasteiger partial charge in [0.15, 0.2) is 5.96 Å². The number of rotatable bonds is 5. The smallest absolute Gasteiger partial charge is 0.188 e. The van der Waals surface area contributed by atoms with Crippen LogP contribution in [-0.4, -0.2) is 24.2 Å². The molecular formula is C11H17N3OS. The summed E-state index contributed by atoms with van der Waals surface area (Å²) in [6.45, 7) is 6.08. The molecule has 0 bridgehead atoms. The fraction of sp³-hybridized carbons (Fsp3) is 0.364. The van der Waals surface area contributed by atoms with Gasteiger partial charge in [-0.15, -0.1) is 6.58 Å². The van der Waals surface area contributed by atoms with E-state index in [1.165, 1.54) is 0 Å². The zero-order valence-corrected chi connectivity index (χ0v) is 10.1. The van der Waals surface area contributed by atoms with E-state index in [2.05, 4.69) is 16.9 Å². The number of thiophene rings is 1. The van der Waals surface area contributed by atoms with Crippen LogP contribution in [0.25, 0.3) is 0 Å². The maximum Gasteiger partial charge on any atom is 0.188 e. The molecule has 1 aromatic heterocycles. The number of hydrogen-bond donors (Lipinski definition) is 3. The van der Waals surface area contributed by atoms with E-state index in [9.17, 15) is 5.11 Å². The van der Waals surface area contributed by atoms with E-state index in [0.717, 1.165) is 5.56 Å². The number of nitrogens with two attached hydrogens (primary N) is 1. The van der Waals surface area contributed by atoms with Gasteiger partial charge < -0.3 is 16.2 Å². The fourth-order valence-corrected chi connectivity index (χ4v) is 1.92. The minimum atomic E-state index is -0.972. The summed E-state index contributed by atoms with van der Waals surface area (Å²) in [5.74, 6) is 0.315. The third-order valence-electron chi connectivity index (χ3n) is 2.13. The lowest BCUT2D eigenvalue weighted by Crippen LogP contribution is -2.34. The van der Waals surface area contributed by atoms with Gasteiger partial charge in [0.25, 0.3) is 0 Å². The van der Waals surface area contributed by atoms with Gasteiger partial charge in [-0.3, -0.25) is 4.99 Å². The van der Waals surface area contributed by atoms with Gasteiger partial charge in [0.1, 0.15) is 5.60 Å². The van der Waals surface area contributed by atoms with Gasteiger partial charge in [-0.1, -0.05) is 6.08 Å². The van der Waals surface area contributed by atoms with E-state index in [-0.39, 0.29) is 6.54 Å². The molecule has 0 radical (unpaired) electrons. The predicted octanol–water partition coefficient (Wildman–Crippen LogP) is 1.05. The van der Waals surface area contributed by atoms with Gasteiger partial charge >= 0.3 is 0 Å². The summed E-state index contributed by atoms with van der Waals surface area (Å²) in [5.41, 5.74) is 5.49. The molecular weight excluding hydrogens is 222 g/mol. The third kappa shape index (κ3) is 3.67. The molecule has 4 nitrogen and oxygen atoms in total. The van der Waals surface area contributed by atoms with Gasteiger partial charge in [-0.2, -0.15) is 11.3 Å². The molecule has 16 heavy (non-hydrogen) atoms. The Balaban J connectivity index is 2.56. The number of aliphatic imine (C=N–C) groups is 1. The van der Waals surface area contributed by atoms with Crippen LogP contribution in [0.2, 0.25) is 0 Å². The largest absolute Gasteiger partial charge is 0.383 e. The fourth-order valence-electron chi connectivity index (χ4n) is 1.13. The second kappa shape index (κ2) is 5.67. The van der Waals surface area contributed by atoms with Crippen molar-refractivity contribution < 1.29 is 5.11 Å². The maximum atomic E-state index is 10.1. The lowest BCUT2D eigenvalue weighted by molar-refractivity contribution is 0.0678. The lowest BCUT2D eigenvalue weighted by Gasteiger charge is -2.20. The summed E-state index contributed by atoms with van der Waals surface area (Å²) in [4.78, 5) is 4.08. The summed E-state index contributed by atoms with van der Waals surface area (Å²) >= 11 is 1.55. The second-order valence-electron chi connectivity index (χ2n) is 3.66. The Morgan fingerprint density at radius 3 is 3.12 bits per heavy atom. The summed E-state index contributed by atoms with van der Waals surface area (Å²) in [6, 6.07) is 1.88. The number of guanidine groups is 1. The first-order valence-corrected chi connectivity index (χ1v) is 5.90. The summed E-state index contributed by atoms with van der Waals surface area (Å²) in [6.07, 6.45) is 1.69. The molecule has 1 unspecified atom stereocenters. The van der Waals surface area contributed by atoms with Crippen LogP contribution < -0.4 is 11.1 Å². The third-order valence-corrected chi connectivity index (χ3v) is 2.81. The molecule has 88 valence electrons. The number of nitrogens with zero attached hydrogens (tertiary/aromatic N) is 1. The maximum absolute atomic E-state index is 10.1. The minimum absolute atomic E-state index is 0.236. The Bertz CT molecular complexity index is 357. The molecule has 0 saturated carbocycles. The first kappa shape index (κ1) is 12.7. The van der Waals surface area contributed by atoms with Crippen molar-refractivity contribution in [1.29, 1.82) is 0 Å². The molecule has 1 atom stereocenters. The quantitative estimate of drug-likeness (QED) is 0.408. The van der Waals surface area contributed by atoms with E-state index < -0.39 is 5.60 Å². The van der Waals surface area contributed by atoms with E-state index in [4.69, 9.17) is 5.73 Å². The minimum Gasteiger partial charge on any atom is -0.383 e. The van der Waals surface area contributed by atoms with E-state index in [1.54, 1.807) is 24.3 Å². The van der Waals surface area contributed by atoms with Crippen molar-refractivity contribution >= 4 is 17.3 Å². The molecule has 0 amide bonds. The Hall–Kier alpha value is -1.33. The Morgan fingerprint density at radius 2 is 2.56 bits per heavy atom. The van der Waals surface area contributed by atoms with E-state index in [1.807, 2.05) is 16.8 Å². The van der Waals surface area contributed by atoms with Crippen LogP contribution in [-0.2, 0) is 5.60 Å². The number of hydrogen-bond acceptors (Lipinski definition) is 3.